The predicted octanol–water partition coefficient (Wildman–Crippen LogP) is 2.91. The SMILES string of the molecule is CC(C)(C)N(CCC(=O)O)C(=O)C1CCC(F)(F)CC1. The summed E-state index contributed by atoms with van der Waals surface area (Å²) in [7, 11) is 0. The molecule has 0 radical (unpaired) electrons. The van der Waals surface area contributed by atoms with Gasteiger partial charge in [0.25, 0.3) is 0 Å². The third kappa shape index (κ3) is 4.72. The Bertz CT molecular complexity index is 367. The molecule has 1 saturated carbocycles. The van der Waals surface area contributed by atoms with E-state index >= 15 is 0 Å². The Kier molecular flexibility index (Phi) is 5.10. The first-order valence-corrected chi connectivity index (χ1v) is 6.94. The number of carboxylic acid groups (broad SMARTS) is 1. The van der Waals surface area contributed by atoms with Gasteiger partial charge in [0.1, 0.15) is 0 Å². The lowest BCUT2D eigenvalue weighted by atomic mass is 9.85. The zero-order valence-electron chi connectivity index (χ0n) is 12.3. The normalized spacial score (nSPS) is 19.6. The number of carboxylic acids is 1. The third-order valence-electron chi connectivity index (χ3n) is 3.69. The van der Waals surface area contributed by atoms with E-state index in [1.165, 1.54) is 4.90 Å². The van der Waals surface area contributed by atoms with Crippen molar-refractivity contribution >= 4 is 11.9 Å². The van der Waals surface area contributed by atoms with Gasteiger partial charge >= 0.3 is 5.97 Å². The van der Waals surface area contributed by atoms with Crippen molar-refractivity contribution in [3.8, 4) is 0 Å². The summed E-state index contributed by atoms with van der Waals surface area (Å²) in [4.78, 5) is 24.6. The molecule has 1 amide bonds. The highest BCUT2D eigenvalue weighted by atomic mass is 19.3. The van der Waals surface area contributed by atoms with Crippen molar-refractivity contribution in [2.45, 2.75) is 64.3 Å². The molecule has 0 aliphatic heterocycles. The topological polar surface area (TPSA) is 57.6 Å². The number of nitrogens with zero attached hydrogens (tertiary/aromatic N) is 1. The van der Waals surface area contributed by atoms with Crippen molar-refractivity contribution in [1.82, 2.24) is 4.90 Å². The van der Waals surface area contributed by atoms with Gasteiger partial charge in [0.05, 0.1) is 6.42 Å². The number of carbonyl (C=O) groups excluding carboxylic acids is 1. The summed E-state index contributed by atoms with van der Waals surface area (Å²) >= 11 is 0. The number of carbonyl (C=O) groups is 2. The molecule has 0 atom stereocenters. The molecular weight excluding hydrogens is 268 g/mol. The second-order valence-electron chi connectivity index (χ2n) is 6.43. The molecule has 6 heteroatoms. The molecule has 1 aliphatic rings. The molecule has 0 heterocycles. The molecule has 0 aromatic rings. The second kappa shape index (κ2) is 6.06. The number of halogens is 2. The zero-order chi connectivity index (χ0) is 15.6. The van der Waals surface area contributed by atoms with Gasteiger partial charge in [0, 0.05) is 30.8 Å². The Labute approximate surface area is 118 Å². The second-order valence-corrected chi connectivity index (χ2v) is 6.43. The van der Waals surface area contributed by atoms with Crippen LogP contribution in [0.4, 0.5) is 8.78 Å². The minimum Gasteiger partial charge on any atom is -0.481 e. The van der Waals surface area contributed by atoms with Crippen molar-refractivity contribution in [2.24, 2.45) is 5.92 Å². The van der Waals surface area contributed by atoms with Crippen LogP contribution in [0.3, 0.4) is 0 Å². The van der Waals surface area contributed by atoms with E-state index in [4.69, 9.17) is 5.11 Å². The van der Waals surface area contributed by atoms with Crippen LogP contribution in [0.1, 0.15) is 52.9 Å². The molecule has 1 rings (SSSR count). The predicted molar refractivity (Wildman–Crippen MR) is 70.6 cm³/mol. The van der Waals surface area contributed by atoms with Gasteiger partial charge in [-0.1, -0.05) is 0 Å². The monoisotopic (exact) mass is 291 g/mol. The summed E-state index contributed by atoms with van der Waals surface area (Å²) in [6.07, 6.45) is -0.316. The lowest BCUT2D eigenvalue weighted by molar-refractivity contribution is -0.146. The van der Waals surface area contributed by atoms with Crippen molar-refractivity contribution in [3.05, 3.63) is 0 Å². The summed E-state index contributed by atoms with van der Waals surface area (Å²) in [5.41, 5.74) is -0.507. The fourth-order valence-electron chi connectivity index (χ4n) is 2.49. The van der Waals surface area contributed by atoms with E-state index in [0.29, 0.717) is 0 Å². The Morgan fingerprint density at radius 1 is 1.25 bits per heavy atom. The number of amides is 1. The van der Waals surface area contributed by atoms with Crippen LogP contribution >= 0.6 is 0 Å². The average molecular weight is 291 g/mol. The van der Waals surface area contributed by atoms with Gasteiger partial charge in [-0.15, -0.1) is 0 Å². The maximum absolute atomic E-state index is 13.1. The lowest BCUT2D eigenvalue weighted by Crippen LogP contribution is -2.50. The number of aliphatic carboxylic acids is 1. The van der Waals surface area contributed by atoms with Crippen LogP contribution < -0.4 is 0 Å². The van der Waals surface area contributed by atoms with Crippen molar-refractivity contribution in [2.75, 3.05) is 6.54 Å². The van der Waals surface area contributed by atoms with E-state index in [-0.39, 0.29) is 44.6 Å². The van der Waals surface area contributed by atoms with E-state index in [2.05, 4.69) is 0 Å². The number of hydrogen-bond donors (Lipinski definition) is 1. The molecule has 0 saturated heterocycles. The number of hydrogen-bond acceptors (Lipinski definition) is 2. The Morgan fingerprint density at radius 2 is 1.75 bits per heavy atom. The van der Waals surface area contributed by atoms with Crippen LogP contribution in [0, 0.1) is 5.92 Å². The number of alkyl halides is 2. The van der Waals surface area contributed by atoms with Gasteiger partial charge in [-0.25, -0.2) is 8.78 Å². The van der Waals surface area contributed by atoms with E-state index in [0.717, 1.165) is 0 Å². The summed E-state index contributed by atoms with van der Waals surface area (Å²) in [5.74, 6) is -4.25. The van der Waals surface area contributed by atoms with E-state index in [1.807, 2.05) is 20.8 Å². The van der Waals surface area contributed by atoms with Gasteiger partial charge in [-0.3, -0.25) is 9.59 Å². The maximum Gasteiger partial charge on any atom is 0.305 e. The third-order valence-corrected chi connectivity index (χ3v) is 3.69. The Morgan fingerprint density at radius 3 is 2.15 bits per heavy atom. The van der Waals surface area contributed by atoms with Gasteiger partial charge in [0.2, 0.25) is 11.8 Å². The zero-order valence-corrected chi connectivity index (χ0v) is 12.3. The number of rotatable bonds is 4. The first-order valence-electron chi connectivity index (χ1n) is 6.94. The summed E-state index contributed by atoms with van der Waals surface area (Å²) in [6, 6.07) is 0. The Hall–Kier alpha value is -1.20. The van der Waals surface area contributed by atoms with Gasteiger partial charge < -0.3 is 10.0 Å². The fourth-order valence-corrected chi connectivity index (χ4v) is 2.49. The highest BCUT2D eigenvalue weighted by Crippen LogP contribution is 2.37. The largest absolute Gasteiger partial charge is 0.481 e. The van der Waals surface area contributed by atoms with Crippen molar-refractivity contribution < 1.29 is 23.5 Å². The molecule has 1 N–H and O–H groups in total. The minimum absolute atomic E-state index is 0.116. The van der Waals surface area contributed by atoms with E-state index in [1.54, 1.807) is 0 Å². The Balaban J connectivity index is 2.71. The standard InChI is InChI=1S/C14H23F2NO3/c1-13(2,3)17(9-6-11(18)19)12(20)10-4-7-14(15,16)8-5-10/h10H,4-9H2,1-3H3,(H,18,19). The fraction of sp³-hybridized carbons (Fsp3) is 0.857. The molecule has 0 aromatic heterocycles. The summed E-state index contributed by atoms with van der Waals surface area (Å²) in [6.45, 7) is 5.59. The smallest absolute Gasteiger partial charge is 0.305 e. The van der Waals surface area contributed by atoms with Gasteiger partial charge in [-0.05, 0) is 33.6 Å². The lowest BCUT2D eigenvalue weighted by Gasteiger charge is -2.39. The van der Waals surface area contributed by atoms with Gasteiger partial charge in [0.15, 0.2) is 0 Å². The van der Waals surface area contributed by atoms with E-state index in [9.17, 15) is 18.4 Å². The first-order chi connectivity index (χ1) is 9.03. The molecule has 0 spiro atoms. The van der Waals surface area contributed by atoms with Crippen LogP contribution in [0.2, 0.25) is 0 Å². The molecule has 0 unspecified atom stereocenters. The van der Waals surface area contributed by atoms with Crippen LogP contribution in [0.5, 0.6) is 0 Å². The highest BCUT2D eigenvalue weighted by molar-refractivity contribution is 5.80. The maximum atomic E-state index is 13.1. The molecule has 0 aromatic carbocycles. The quantitative estimate of drug-likeness (QED) is 0.866. The average Bonchev–Trinajstić information content (AvgIpc) is 2.26. The highest BCUT2D eigenvalue weighted by Gasteiger charge is 2.40. The summed E-state index contributed by atoms with van der Waals surface area (Å²) in [5, 5.41) is 8.75. The molecule has 4 nitrogen and oxygen atoms in total. The first kappa shape index (κ1) is 16.9. The molecule has 116 valence electrons. The molecular formula is C14H23F2NO3. The van der Waals surface area contributed by atoms with E-state index < -0.39 is 23.3 Å². The molecule has 1 aliphatic carbocycles. The van der Waals surface area contributed by atoms with Gasteiger partial charge in [-0.2, -0.15) is 0 Å². The molecule has 0 bridgehead atoms. The molecule has 1 fully saturated rings. The van der Waals surface area contributed by atoms with Crippen LogP contribution in [0.25, 0.3) is 0 Å². The molecule has 20 heavy (non-hydrogen) atoms. The van der Waals surface area contributed by atoms with Crippen molar-refractivity contribution in [3.63, 3.8) is 0 Å². The van der Waals surface area contributed by atoms with Crippen LogP contribution in [-0.4, -0.2) is 39.9 Å². The summed E-state index contributed by atoms with van der Waals surface area (Å²) < 4.78 is 26.3. The van der Waals surface area contributed by atoms with Crippen LogP contribution in [0.15, 0.2) is 0 Å². The minimum atomic E-state index is -2.66. The van der Waals surface area contributed by atoms with Crippen molar-refractivity contribution in [1.29, 1.82) is 0 Å². The van der Waals surface area contributed by atoms with Crippen LogP contribution in [-0.2, 0) is 9.59 Å².